The minimum atomic E-state index is -4.43. The van der Waals surface area contributed by atoms with E-state index in [1.807, 2.05) is 0 Å². The maximum Gasteiger partial charge on any atom is 0.416 e. The zero-order chi connectivity index (χ0) is 29.1. The van der Waals surface area contributed by atoms with Gasteiger partial charge in [-0.2, -0.15) is 13.2 Å². The van der Waals surface area contributed by atoms with E-state index in [9.17, 15) is 32.3 Å². The molecule has 1 unspecified atom stereocenters. The third-order valence-corrected chi connectivity index (χ3v) is 7.09. The van der Waals surface area contributed by atoms with Crippen LogP contribution in [0.25, 0.3) is 16.7 Å². The van der Waals surface area contributed by atoms with Gasteiger partial charge >= 0.3 is 12.1 Å². The topological polar surface area (TPSA) is 75.6 Å². The molecule has 0 saturated heterocycles. The second kappa shape index (κ2) is 11.6. The lowest BCUT2D eigenvalue weighted by atomic mass is 9.87. The van der Waals surface area contributed by atoms with Crippen molar-refractivity contribution in [3.63, 3.8) is 0 Å². The Balaban J connectivity index is 1.49. The molecule has 1 aliphatic rings. The maximum absolute atomic E-state index is 13.3. The normalized spacial score (nSPS) is 17.9. The van der Waals surface area contributed by atoms with Crippen molar-refractivity contribution in [2.45, 2.75) is 29.9 Å². The predicted molar refractivity (Wildman–Crippen MR) is 143 cm³/mol. The lowest BCUT2D eigenvalue weighted by molar-refractivity contribution is -0.145. The Morgan fingerprint density at radius 2 is 1.50 bits per heavy atom. The molecule has 2 N–H and O–H groups in total. The standard InChI is InChI=1S/C30H24ClF4NO4/c1-40-27(38)25(16-18-2-4-19(5-3-18)20-6-11-23(12-7-20)30(33,34)35)36-28(39)29(31)17-22(10-15-26(29)37)21-8-13-24(32)14-9-21/h2-15,25,37H,16-17H2,1H3,(H,36,39)/t25-,29?/m0/s1. The van der Waals surface area contributed by atoms with E-state index in [2.05, 4.69) is 5.32 Å². The highest BCUT2D eigenvalue weighted by Crippen LogP contribution is 2.39. The van der Waals surface area contributed by atoms with Crippen molar-refractivity contribution in [3.05, 3.63) is 113 Å². The first-order valence-corrected chi connectivity index (χ1v) is 12.5. The Kier molecular flexibility index (Phi) is 8.34. The van der Waals surface area contributed by atoms with Gasteiger partial charge in [0.15, 0.2) is 4.87 Å². The highest BCUT2D eigenvalue weighted by molar-refractivity contribution is 6.37. The Bertz CT molecular complexity index is 1450. The first-order chi connectivity index (χ1) is 18.9. The summed E-state index contributed by atoms with van der Waals surface area (Å²) in [5.41, 5.74) is 2.31. The van der Waals surface area contributed by atoms with Gasteiger partial charge < -0.3 is 15.2 Å². The summed E-state index contributed by atoms with van der Waals surface area (Å²) >= 11 is 6.61. The smallest absolute Gasteiger partial charge is 0.416 e. The monoisotopic (exact) mass is 573 g/mol. The highest BCUT2D eigenvalue weighted by Gasteiger charge is 2.44. The molecule has 0 heterocycles. The number of hydrogen-bond donors (Lipinski definition) is 2. The van der Waals surface area contributed by atoms with Gasteiger partial charge in [-0.1, -0.05) is 66.2 Å². The van der Waals surface area contributed by atoms with Crippen molar-refractivity contribution in [1.29, 1.82) is 0 Å². The third-order valence-electron chi connectivity index (χ3n) is 6.59. The van der Waals surface area contributed by atoms with Crippen LogP contribution >= 0.6 is 11.6 Å². The number of carbonyl (C=O) groups excluding carboxylic acids is 2. The third kappa shape index (κ3) is 6.37. The fraction of sp³-hybridized carbons (Fsp3) is 0.200. The molecule has 3 aromatic rings. The molecule has 1 aliphatic carbocycles. The summed E-state index contributed by atoms with van der Waals surface area (Å²) in [6.45, 7) is 0. The van der Waals surface area contributed by atoms with Gasteiger partial charge in [-0.3, -0.25) is 4.79 Å². The van der Waals surface area contributed by atoms with E-state index in [4.69, 9.17) is 16.3 Å². The number of carbonyl (C=O) groups is 2. The number of alkyl halides is 4. The molecule has 0 bridgehead atoms. The number of benzene rings is 3. The van der Waals surface area contributed by atoms with Gasteiger partial charge in [0, 0.05) is 12.8 Å². The van der Waals surface area contributed by atoms with E-state index in [1.54, 1.807) is 30.3 Å². The number of methoxy groups -OCH3 is 1. The van der Waals surface area contributed by atoms with Crippen LogP contribution in [-0.4, -0.2) is 35.0 Å². The minimum Gasteiger partial charge on any atom is -0.510 e. The Labute approximate surface area is 232 Å². The van der Waals surface area contributed by atoms with E-state index in [0.717, 1.165) is 12.1 Å². The van der Waals surface area contributed by atoms with Gasteiger partial charge in [0.2, 0.25) is 5.91 Å². The number of aliphatic hydroxyl groups is 1. The second-order valence-electron chi connectivity index (χ2n) is 9.25. The number of halogens is 5. The van der Waals surface area contributed by atoms with Crippen LogP contribution in [0.5, 0.6) is 0 Å². The Morgan fingerprint density at radius 3 is 2.05 bits per heavy atom. The van der Waals surface area contributed by atoms with Gasteiger partial charge in [-0.15, -0.1) is 0 Å². The molecule has 1 amide bonds. The fourth-order valence-electron chi connectivity index (χ4n) is 4.31. The summed E-state index contributed by atoms with van der Waals surface area (Å²) in [6, 6.07) is 15.9. The van der Waals surface area contributed by atoms with Crippen molar-refractivity contribution in [1.82, 2.24) is 5.32 Å². The molecule has 0 aliphatic heterocycles. The van der Waals surface area contributed by atoms with Crippen LogP contribution in [0.1, 0.15) is 23.1 Å². The molecular weight excluding hydrogens is 550 g/mol. The summed E-state index contributed by atoms with van der Waals surface area (Å²) in [4.78, 5) is 23.9. The Hall–Kier alpha value is -4.11. The second-order valence-corrected chi connectivity index (χ2v) is 9.90. The zero-order valence-corrected chi connectivity index (χ0v) is 21.9. The first-order valence-electron chi connectivity index (χ1n) is 12.1. The van der Waals surface area contributed by atoms with Crippen LogP contribution < -0.4 is 5.32 Å². The summed E-state index contributed by atoms with van der Waals surface area (Å²) in [6.07, 6.45) is -1.68. The quantitative estimate of drug-likeness (QED) is 0.189. The number of rotatable bonds is 7. The van der Waals surface area contributed by atoms with Crippen LogP contribution in [0.4, 0.5) is 17.6 Å². The number of ether oxygens (including phenoxy) is 1. The van der Waals surface area contributed by atoms with E-state index < -0.39 is 46.1 Å². The molecule has 40 heavy (non-hydrogen) atoms. The largest absolute Gasteiger partial charge is 0.510 e. The summed E-state index contributed by atoms with van der Waals surface area (Å²) in [5, 5.41) is 13.1. The van der Waals surface area contributed by atoms with Crippen LogP contribution in [0.3, 0.4) is 0 Å². The van der Waals surface area contributed by atoms with Crippen LogP contribution in [0.15, 0.2) is 90.7 Å². The molecule has 0 saturated carbocycles. The SMILES string of the molecule is COC(=O)[C@H](Cc1ccc(-c2ccc(C(F)(F)F)cc2)cc1)NC(=O)C1(Cl)CC(c2ccc(F)cc2)=CC=C1O. The maximum atomic E-state index is 13.3. The first kappa shape index (κ1) is 28.9. The van der Waals surface area contributed by atoms with Crippen molar-refractivity contribution in [2.24, 2.45) is 0 Å². The molecule has 3 aromatic carbocycles. The number of aliphatic hydroxyl groups excluding tert-OH is 1. The summed E-state index contributed by atoms with van der Waals surface area (Å²) in [5.74, 6) is -2.41. The van der Waals surface area contributed by atoms with Crippen molar-refractivity contribution in [3.8, 4) is 11.1 Å². The molecule has 10 heteroatoms. The average molecular weight is 574 g/mol. The Morgan fingerprint density at radius 1 is 0.950 bits per heavy atom. The number of nitrogens with one attached hydrogen (secondary N) is 1. The molecular formula is C30H24ClF4NO4. The van der Waals surface area contributed by atoms with Crippen molar-refractivity contribution in [2.75, 3.05) is 7.11 Å². The van der Waals surface area contributed by atoms with Gasteiger partial charge in [-0.25, -0.2) is 9.18 Å². The molecule has 0 fully saturated rings. The predicted octanol–water partition coefficient (Wildman–Crippen LogP) is 6.62. The van der Waals surface area contributed by atoms with Crippen molar-refractivity contribution >= 4 is 29.1 Å². The summed E-state index contributed by atoms with van der Waals surface area (Å²) in [7, 11) is 1.17. The number of allylic oxidation sites excluding steroid dienone is 3. The highest BCUT2D eigenvalue weighted by atomic mass is 35.5. The average Bonchev–Trinajstić information content (AvgIpc) is 2.94. The fourth-order valence-corrected chi connectivity index (χ4v) is 4.57. The molecule has 2 atom stereocenters. The number of esters is 1. The van der Waals surface area contributed by atoms with Crippen LogP contribution in [0.2, 0.25) is 0 Å². The lowest BCUT2D eigenvalue weighted by Gasteiger charge is -2.30. The van der Waals surface area contributed by atoms with Gasteiger partial charge in [-0.05, 0) is 58.2 Å². The summed E-state index contributed by atoms with van der Waals surface area (Å²) < 4.78 is 56.7. The molecule has 0 radical (unpaired) electrons. The van der Waals surface area contributed by atoms with Gasteiger partial charge in [0.05, 0.1) is 12.7 Å². The van der Waals surface area contributed by atoms with Crippen molar-refractivity contribution < 1.29 is 37.0 Å². The lowest BCUT2D eigenvalue weighted by Crippen LogP contribution is -2.52. The minimum absolute atomic E-state index is 0.0177. The number of hydrogen-bond acceptors (Lipinski definition) is 4. The van der Waals surface area contributed by atoms with Crippen LogP contribution in [-0.2, 0) is 26.9 Å². The molecule has 4 rings (SSSR count). The van der Waals surface area contributed by atoms with E-state index in [0.29, 0.717) is 27.8 Å². The zero-order valence-electron chi connectivity index (χ0n) is 21.1. The van der Waals surface area contributed by atoms with Crippen LogP contribution in [0, 0.1) is 5.82 Å². The van der Waals surface area contributed by atoms with E-state index in [-0.39, 0.29) is 12.8 Å². The molecule has 0 aromatic heterocycles. The van der Waals surface area contributed by atoms with Gasteiger partial charge in [0.25, 0.3) is 0 Å². The van der Waals surface area contributed by atoms with Gasteiger partial charge in [0.1, 0.15) is 17.6 Å². The molecule has 0 spiro atoms. The number of amides is 1. The molecule has 5 nitrogen and oxygen atoms in total. The van der Waals surface area contributed by atoms with E-state index >= 15 is 0 Å². The van der Waals surface area contributed by atoms with E-state index in [1.165, 1.54) is 49.6 Å². The molecule has 208 valence electrons.